The molecule has 112 valence electrons. The molecule has 0 saturated carbocycles. The van der Waals surface area contributed by atoms with Crippen molar-refractivity contribution in [3.8, 4) is 11.5 Å². The van der Waals surface area contributed by atoms with E-state index in [1.54, 1.807) is 11.3 Å². The second-order valence-corrected chi connectivity index (χ2v) is 6.04. The van der Waals surface area contributed by atoms with Crippen LogP contribution in [0.3, 0.4) is 0 Å². The van der Waals surface area contributed by atoms with Gasteiger partial charge in [-0.15, -0.1) is 10.2 Å². The Morgan fingerprint density at radius 1 is 1.24 bits per heavy atom. The third-order valence-electron chi connectivity index (χ3n) is 3.38. The van der Waals surface area contributed by atoms with Crippen LogP contribution in [0.25, 0.3) is 0 Å². The summed E-state index contributed by atoms with van der Waals surface area (Å²) in [6, 6.07) is 6.22. The highest BCUT2D eigenvalue weighted by Gasteiger charge is 2.14. The molecule has 6 heteroatoms. The van der Waals surface area contributed by atoms with Gasteiger partial charge < -0.3 is 14.8 Å². The molecule has 1 aromatic heterocycles. The Labute approximate surface area is 128 Å². The number of anilines is 1. The van der Waals surface area contributed by atoms with Crippen LogP contribution in [0.5, 0.6) is 11.5 Å². The first-order chi connectivity index (χ1) is 10.3. The fraction of sp³-hybridized carbons (Fsp3) is 0.467. The first kappa shape index (κ1) is 14.1. The van der Waals surface area contributed by atoms with Gasteiger partial charge in [-0.05, 0) is 31.0 Å². The third kappa shape index (κ3) is 3.26. The number of aromatic nitrogens is 2. The molecule has 0 fully saturated rings. The Hall–Kier alpha value is -1.82. The molecule has 1 aromatic carbocycles. The van der Waals surface area contributed by atoms with Gasteiger partial charge in [-0.1, -0.05) is 24.3 Å². The van der Waals surface area contributed by atoms with Crippen molar-refractivity contribution >= 4 is 16.5 Å². The van der Waals surface area contributed by atoms with Crippen LogP contribution in [0.2, 0.25) is 0 Å². The molecule has 21 heavy (non-hydrogen) atoms. The summed E-state index contributed by atoms with van der Waals surface area (Å²) in [6.07, 6.45) is 1.83. The van der Waals surface area contributed by atoms with Crippen molar-refractivity contribution in [2.45, 2.75) is 32.7 Å². The van der Waals surface area contributed by atoms with E-state index in [1.807, 2.05) is 12.1 Å². The van der Waals surface area contributed by atoms with Crippen LogP contribution in [-0.4, -0.2) is 23.4 Å². The number of benzene rings is 1. The predicted octanol–water partition coefficient (Wildman–Crippen LogP) is 3.43. The molecule has 0 bridgehead atoms. The molecule has 0 amide bonds. The molecule has 0 radical (unpaired) electrons. The molecular formula is C15H19N3O2S. The Morgan fingerprint density at radius 3 is 2.81 bits per heavy atom. The molecule has 3 rings (SSSR count). The van der Waals surface area contributed by atoms with E-state index >= 15 is 0 Å². The van der Waals surface area contributed by atoms with Gasteiger partial charge in [-0.2, -0.15) is 0 Å². The van der Waals surface area contributed by atoms with Crippen LogP contribution in [0.1, 0.15) is 36.9 Å². The lowest BCUT2D eigenvalue weighted by Crippen LogP contribution is -2.06. The lowest BCUT2D eigenvalue weighted by Gasteiger charge is -2.15. The minimum atomic E-state index is 0.139. The zero-order valence-electron chi connectivity index (χ0n) is 12.3. The zero-order valence-corrected chi connectivity index (χ0v) is 13.1. The summed E-state index contributed by atoms with van der Waals surface area (Å²) in [4.78, 5) is 0. The average Bonchev–Trinajstić information content (AvgIpc) is 2.82. The van der Waals surface area contributed by atoms with Gasteiger partial charge in [0.2, 0.25) is 5.13 Å². The van der Waals surface area contributed by atoms with Crippen LogP contribution >= 0.6 is 11.3 Å². The molecule has 2 aromatic rings. The van der Waals surface area contributed by atoms with Gasteiger partial charge in [-0.3, -0.25) is 0 Å². The number of fused-ring (bicyclic) bond motifs is 1. The summed E-state index contributed by atoms with van der Waals surface area (Å²) in [5.74, 6) is 1.65. The van der Waals surface area contributed by atoms with Gasteiger partial charge in [0, 0.05) is 6.42 Å². The number of rotatable bonds is 4. The Morgan fingerprint density at radius 2 is 2.05 bits per heavy atom. The molecule has 0 saturated heterocycles. The highest BCUT2D eigenvalue weighted by atomic mass is 32.1. The van der Waals surface area contributed by atoms with Crippen LogP contribution in [0.15, 0.2) is 18.2 Å². The van der Waals surface area contributed by atoms with Crippen molar-refractivity contribution < 1.29 is 9.47 Å². The molecule has 0 spiro atoms. The quantitative estimate of drug-likeness (QED) is 0.938. The van der Waals surface area contributed by atoms with Crippen LogP contribution in [-0.2, 0) is 6.42 Å². The van der Waals surface area contributed by atoms with E-state index in [1.165, 1.54) is 0 Å². The van der Waals surface area contributed by atoms with E-state index in [0.29, 0.717) is 13.2 Å². The third-order valence-corrected chi connectivity index (χ3v) is 4.38. The van der Waals surface area contributed by atoms with Crippen molar-refractivity contribution in [1.82, 2.24) is 10.2 Å². The first-order valence-electron chi connectivity index (χ1n) is 7.24. The SMILES string of the molecule is CCc1nnc(NC(C)c2ccc3c(c2)OCCCO3)s1. The van der Waals surface area contributed by atoms with Crippen molar-refractivity contribution in [3.63, 3.8) is 0 Å². The Kier molecular flexibility index (Phi) is 4.24. The fourth-order valence-corrected chi connectivity index (χ4v) is 2.94. The fourth-order valence-electron chi connectivity index (χ4n) is 2.17. The zero-order chi connectivity index (χ0) is 14.7. The van der Waals surface area contributed by atoms with Crippen LogP contribution < -0.4 is 14.8 Å². The normalized spacial score (nSPS) is 15.3. The smallest absolute Gasteiger partial charge is 0.206 e. The highest BCUT2D eigenvalue weighted by Crippen LogP contribution is 2.33. The topological polar surface area (TPSA) is 56.3 Å². The summed E-state index contributed by atoms with van der Waals surface area (Å²) in [5.41, 5.74) is 1.15. The molecule has 5 nitrogen and oxygen atoms in total. The maximum atomic E-state index is 5.73. The summed E-state index contributed by atoms with van der Waals surface area (Å²) in [5, 5.41) is 13.6. The molecular weight excluding hydrogens is 286 g/mol. The highest BCUT2D eigenvalue weighted by molar-refractivity contribution is 7.15. The number of aryl methyl sites for hydroxylation is 1. The summed E-state index contributed by atoms with van der Waals surface area (Å²) in [6.45, 7) is 5.60. The minimum Gasteiger partial charge on any atom is -0.490 e. The van der Waals surface area contributed by atoms with Gasteiger partial charge in [0.25, 0.3) is 0 Å². The predicted molar refractivity (Wildman–Crippen MR) is 83.4 cm³/mol. The molecule has 1 aliphatic heterocycles. The standard InChI is InChI=1S/C15H19N3O2S/c1-3-14-17-18-15(21-14)16-10(2)11-5-6-12-13(9-11)20-8-4-7-19-12/h5-6,9-10H,3-4,7-8H2,1-2H3,(H,16,18). The Balaban J connectivity index is 1.75. The number of nitrogens with zero attached hydrogens (tertiary/aromatic N) is 2. The number of nitrogens with one attached hydrogen (secondary N) is 1. The summed E-state index contributed by atoms with van der Waals surface area (Å²) < 4.78 is 11.4. The van der Waals surface area contributed by atoms with Crippen molar-refractivity contribution in [2.24, 2.45) is 0 Å². The van der Waals surface area contributed by atoms with E-state index in [0.717, 1.165) is 40.0 Å². The lowest BCUT2D eigenvalue weighted by molar-refractivity contribution is 0.297. The second-order valence-electron chi connectivity index (χ2n) is 4.98. The van der Waals surface area contributed by atoms with Gasteiger partial charge in [-0.25, -0.2) is 0 Å². The number of hydrogen-bond donors (Lipinski definition) is 1. The van der Waals surface area contributed by atoms with E-state index in [2.05, 4.69) is 35.4 Å². The van der Waals surface area contributed by atoms with Gasteiger partial charge in [0.05, 0.1) is 19.3 Å². The largest absolute Gasteiger partial charge is 0.490 e. The van der Waals surface area contributed by atoms with E-state index < -0.39 is 0 Å². The van der Waals surface area contributed by atoms with Crippen LogP contribution in [0, 0.1) is 0 Å². The van der Waals surface area contributed by atoms with Crippen LogP contribution in [0.4, 0.5) is 5.13 Å². The lowest BCUT2D eigenvalue weighted by atomic mass is 10.1. The second kappa shape index (κ2) is 6.30. The number of ether oxygens (including phenoxy) is 2. The number of hydrogen-bond acceptors (Lipinski definition) is 6. The molecule has 2 heterocycles. The van der Waals surface area contributed by atoms with Gasteiger partial charge in [0.15, 0.2) is 11.5 Å². The molecule has 1 N–H and O–H groups in total. The monoisotopic (exact) mass is 305 g/mol. The summed E-state index contributed by atoms with van der Waals surface area (Å²) >= 11 is 1.60. The van der Waals surface area contributed by atoms with Crippen molar-refractivity contribution in [3.05, 3.63) is 28.8 Å². The average molecular weight is 305 g/mol. The molecule has 1 unspecified atom stereocenters. The van der Waals surface area contributed by atoms with Crippen molar-refractivity contribution in [1.29, 1.82) is 0 Å². The van der Waals surface area contributed by atoms with E-state index in [4.69, 9.17) is 9.47 Å². The van der Waals surface area contributed by atoms with E-state index in [9.17, 15) is 0 Å². The molecule has 1 atom stereocenters. The maximum Gasteiger partial charge on any atom is 0.206 e. The molecule has 0 aliphatic carbocycles. The van der Waals surface area contributed by atoms with Crippen molar-refractivity contribution in [2.75, 3.05) is 18.5 Å². The summed E-state index contributed by atoms with van der Waals surface area (Å²) in [7, 11) is 0. The Bertz CT molecular complexity index is 615. The minimum absolute atomic E-state index is 0.139. The first-order valence-corrected chi connectivity index (χ1v) is 8.06. The molecule has 1 aliphatic rings. The maximum absolute atomic E-state index is 5.73. The van der Waals surface area contributed by atoms with Gasteiger partial charge >= 0.3 is 0 Å². The van der Waals surface area contributed by atoms with Gasteiger partial charge in [0.1, 0.15) is 5.01 Å². The van der Waals surface area contributed by atoms with E-state index in [-0.39, 0.29) is 6.04 Å².